The van der Waals surface area contributed by atoms with E-state index in [1.54, 1.807) is 24.2 Å². The van der Waals surface area contributed by atoms with E-state index in [9.17, 15) is 4.79 Å². The predicted octanol–water partition coefficient (Wildman–Crippen LogP) is 0.168. The molecule has 0 atom stereocenters. The lowest BCUT2D eigenvalue weighted by Crippen LogP contribution is -2.62. The Morgan fingerprint density at radius 1 is 1.47 bits per heavy atom. The zero-order chi connectivity index (χ0) is 14.2. The molecule has 0 bridgehead atoms. The van der Waals surface area contributed by atoms with Gasteiger partial charge in [0.15, 0.2) is 5.82 Å². The highest BCUT2D eigenvalue weighted by molar-refractivity contribution is 7.80. The number of likely N-dealkylation sites (N-methyl/N-ethyl adjacent to an activating group) is 1. The van der Waals surface area contributed by atoms with Crippen LogP contribution >= 0.6 is 12.2 Å². The quantitative estimate of drug-likeness (QED) is 0.778. The molecule has 1 aliphatic rings. The Balaban J connectivity index is 2.47. The summed E-state index contributed by atoms with van der Waals surface area (Å²) in [6.45, 7) is 5.03. The van der Waals surface area contributed by atoms with Gasteiger partial charge in [-0.25, -0.2) is 0 Å². The molecule has 1 fully saturated rings. The third-order valence-corrected chi connectivity index (χ3v) is 3.65. The van der Waals surface area contributed by atoms with E-state index in [-0.39, 0.29) is 10.9 Å². The van der Waals surface area contributed by atoms with Crippen LogP contribution in [0.25, 0.3) is 0 Å². The molecule has 1 saturated heterocycles. The molecule has 0 saturated carbocycles. The lowest BCUT2D eigenvalue weighted by molar-refractivity contribution is -0.136. The average molecular weight is 279 g/mol. The van der Waals surface area contributed by atoms with Gasteiger partial charge in [-0.05, 0) is 19.9 Å². The number of nitrogens with zero attached hydrogens (tertiary/aromatic N) is 4. The van der Waals surface area contributed by atoms with E-state index in [0.29, 0.717) is 24.5 Å². The highest BCUT2D eigenvalue weighted by Gasteiger charge is 2.42. The first kappa shape index (κ1) is 13.7. The van der Waals surface area contributed by atoms with Gasteiger partial charge in [-0.15, -0.1) is 5.10 Å². The number of amides is 1. The Labute approximate surface area is 117 Å². The number of rotatable bonds is 2. The van der Waals surface area contributed by atoms with E-state index in [4.69, 9.17) is 18.0 Å². The number of hydrogen-bond acceptors (Lipinski definition) is 5. The standard InChI is InChI=1S/C12H17N5OS/c1-12(2)11(18)16(3)6-7-17(12)10-8(9(13)19)4-5-14-15-10/h4-5H,6-7H2,1-3H3,(H2,13,19). The first-order valence-corrected chi connectivity index (χ1v) is 6.41. The number of carbonyl (C=O) groups is 1. The molecule has 19 heavy (non-hydrogen) atoms. The van der Waals surface area contributed by atoms with Crippen LogP contribution < -0.4 is 10.6 Å². The Hall–Kier alpha value is -1.76. The number of carbonyl (C=O) groups excluding carboxylic acids is 1. The van der Waals surface area contributed by atoms with Crippen LogP contribution in [0.2, 0.25) is 0 Å². The molecule has 0 aromatic carbocycles. The van der Waals surface area contributed by atoms with Crippen molar-refractivity contribution in [3.63, 3.8) is 0 Å². The Kier molecular flexibility index (Phi) is 3.40. The summed E-state index contributed by atoms with van der Waals surface area (Å²) >= 11 is 5.03. The third kappa shape index (κ3) is 2.25. The van der Waals surface area contributed by atoms with Crippen molar-refractivity contribution in [2.24, 2.45) is 5.73 Å². The van der Waals surface area contributed by atoms with Gasteiger partial charge in [0.25, 0.3) is 0 Å². The zero-order valence-corrected chi connectivity index (χ0v) is 12.1. The first-order chi connectivity index (χ1) is 8.85. The van der Waals surface area contributed by atoms with Gasteiger partial charge in [-0.2, -0.15) is 5.10 Å². The molecule has 7 heteroatoms. The molecule has 0 radical (unpaired) electrons. The summed E-state index contributed by atoms with van der Waals surface area (Å²) in [5, 5.41) is 8.00. The normalized spacial score (nSPS) is 18.6. The molecule has 2 heterocycles. The summed E-state index contributed by atoms with van der Waals surface area (Å²) in [6, 6.07) is 1.73. The minimum Gasteiger partial charge on any atom is -0.389 e. The van der Waals surface area contributed by atoms with Crippen molar-refractivity contribution < 1.29 is 4.79 Å². The average Bonchev–Trinajstić information content (AvgIpc) is 2.36. The second-order valence-electron chi connectivity index (χ2n) is 5.07. The summed E-state index contributed by atoms with van der Waals surface area (Å²) in [5.41, 5.74) is 5.67. The molecule has 2 N–H and O–H groups in total. The fraction of sp³-hybridized carbons (Fsp3) is 0.500. The fourth-order valence-electron chi connectivity index (χ4n) is 2.30. The molecule has 1 aromatic rings. The second kappa shape index (κ2) is 4.73. The van der Waals surface area contributed by atoms with Crippen molar-refractivity contribution in [1.29, 1.82) is 0 Å². The van der Waals surface area contributed by atoms with Crippen molar-refractivity contribution in [1.82, 2.24) is 15.1 Å². The molecular weight excluding hydrogens is 262 g/mol. The molecule has 102 valence electrons. The smallest absolute Gasteiger partial charge is 0.247 e. The van der Waals surface area contributed by atoms with Crippen LogP contribution in [-0.4, -0.2) is 51.7 Å². The van der Waals surface area contributed by atoms with E-state index in [0.717, 1.165) is 0 Å². The van der Waals surface area contributed by atoms with Crippen LogP contribution in [0.4, 0.5) is 5.82 Å². The fourth-order valence-corrected chi connectivity index (χ4v) is 2.46. The van der Waals surface area contributed by atoms with E-state index in [1.165, 1.54) is 0 Å². The van der Waals surface area contributed by atoms with Gasteiger partial charge in [0.1, 0.15) is 10.5 Å². The van der Waals surface area contributed by atoms with Gasteiger partial charge >= 0.3 is 0 Å². The van der Waals surface area contributed by atoms with E-state index in [2.05, 4.69) is 10.2 Å². The molecule has 0 unspecified atom stereocenters. The van der Waals surface area contributed by atoms with Gasteiger partial charge < -0.3 is 15.5 Å². The van der Waals surface area contributed by atoms with Crippen LogP contribution in [0.5, 0.6) is 0 Å². The molecule has 6 nitrogen and oxygen atoms in total. The highest BCUT2D eigenvalue weighted by Crippen LogP contribution is 2.28. The van der Waals surface area contributed by atoms with Gasteiger partial charge in [0.05, 0.1) is 11.8 Å². The summed E-state index contributed by atoms with van der Waals surface area (Å²) in [7, 11) is 1.80. The number of nitrogens with two attached hydrogens (primary N) is 1. The minimum atomic E-state index is -0.692. The predicted molar refractivity (Wildman–Crippen MR) is 77.0 cm³/mol. The largest absolute Gasteiger partial charge is 0.389 e. The molecule has 1 aromatic heterocycles. The van der Waals surface area contributed by atoms with Gasteiger partial charge in [-0.1, -0.05) is 12.2 Å². The molecule has 1 amide bonds. The van der Waals surface area contributed by atoms with Crippen LogP contribution in [0.1, 0.15) is 19.4 Å². The Morgan fingerprint density at radius 3 is 2.79 bits per heavy atom. The van der Waals surface area contributed by atoms with Gasteiger partial charge in [0.2, 0.25) is 5.91 Å². The number of anilines is 1. The maximum Gasteiger partial charge on any atom is 0.247 e. The minimum absolute atomic E-state index is 0.0401. The van der Waals surface area contributed by atoms with Crippen LogP contribution in [-0.2, 0) is 4.79 Å². The lowest BCUT2D eigenvalue weighted by atomic mass is 9.97. The van der Waals surface area contributed by atoms with E-state index >= 15 is 0 Å². The van der Waals surface area contributed by atoms with E-state index in [1.807, 2.05) is 18.7 Å². The SMILES string of the molecule is CN1CCN(c2nnccc2C(N)=S)C(C)(C)C1=O. The van der Waals surface area contributed by atoms with Gasteiger partial charge in [-0.3, -0.25) is 4.79 Å². The van der Waals surface area contributed by atoms with Crippen LogP contribution in [0, 0.1) is 0 Å². The topological polar surface area (TPSA) is 75.3 Å². The summed E-state index contributed by atoms with van der Waals surface area (Å²) < 4.78 is 0. The van der Waals surface area contributed by atoms with Crippen LogP contribution in [0.15, 0.2) is 12.3 Å². The number of aromatic nitrogens is 2. The summed E-state index contributed by atoms with van der Waals surface area (Å²) in [4.78, 5) is 16.2. The van der Waals surface area contributed by atoms with Crippen molar-refractivity contribution in [3.8, 4) is 0 Å². The Morgan fingerprint density at radius 2 is 2.16 bits per heavy atom. The first-order valence-electron chi connectivity index (χ1n) is 6.00. The summed E-state index contributed by atoms with van der Waals surface area (Å²) in [6.07, 6.45) is 1.54. The molecule has 2 rings (SSSR count). The second-order valence-corrected chi connectivity index (χ2v) is 5.51. The van der Waals surface area contributed by atoms with Gasteiger partial charge in [0, 0.05) is 20.1 Å². The third-order valence-electron chi connectivity index (χ3n) is 3.43. The van der Waals surface area contributed by atoms with Crippen molar-refractivity contribution >= 4 is 28.9 Å². The molecular formula is C12H17N5OS. The number of hydrogen-bond donors (Lipinski definition) is 1. The number of piperazine rings is 1. The maximum atomic E-state index is 12.3. The molecule has 0 aliphatic carbocycles. The van der Waals surface area contributed by atoms with Crippen LogP contribution in [0.3, 0.4) is 0 Å². The molecule has 0 spiro atoms. The Bertz CT molecular complexity index is 531. The maximum absolute atomic E-state index is 12.3. The summed E-state index contributed by atoms with van der Waals surface area (Å²) in [5.74, 6) is 0.611. The van der Waals surface area contributed by atoms with Crippen molar-refractivity contribution in [2.45, 2.75) is 19.4 Å². The monoisotopic (exact) mass is 279 g/mol. The zero-order valence-electron chi connectivity index (χ0n) is 11.3. The van der Waals surface area contributed by atoms with Crippen molar-refractivity contribution in [2.75, 3.05) is 25.0 Å². The molecule has 1 aliphatic heterocycles. The van der Waals surface area contributed by atoms with E-state index < -0.39 is 5.54 Å². The lowest BCUT2D eigenvalue weighted by Gasteiger charge is -2.45. The van der Waals surface area contributed by atoms with Crippen molar-refractivity contribution in [3.05, 3.63) is 17.8 Å². The number of thiocarbonyl (C=S) groups is 1. The highest BCUT2D eigenvalue weighted by atomic mass is 32.1.